The topological polar surface area (TPSA) is 28.2 Å². The molecule has 1 aliphatic rings. The standard InChI is InChI=1S/C16H29N3S/c1-5-15-9-17-14(8-12(2)3)10-19(15)7-6-16-18-13(4)11-20-16/h11-12,14-15,17H,5-10H2,1-4H3. The maximum absolute atomic E-state index is 4.59. The quantitative estimate of drug-likeness (QED) is 0.874. The van der Waals surface area contributed by atoms with E-state index in [1.54, 1.807) is 11.3 Å². The Morgan fingerprint density at radius 3 is 2.90 bits per heavy atom. The van der Waals surface area contributed by atoms with Crippen LogP contribution >= 0.6 is 11.3 Å². The number of nitrogens with one attached hydrogen (secondary N) is 1. The van der Waals surface area contributed by atoms with Gasteiger partial charge < -0.3 is 5.32 Å². The normalized spacial score (nSPS) is 24.4. The maximum atomic E-state index is 4.59. The first-order chi connectivity index (χ1) is 9.58. The Labute approximate surface area is 127 Å². The van der Waals surface area contributed by atoms with Crippen LogP contribution in [0.25, 0.3) is 0 Å². The molecule has 2 heterocycles. The van der Waals surface area contributed by atoms with Crippen LogP contribution in [0.5, 0.6) is 0 Å². The van der Waals surface area contributed by atoms with Crippen LogP contribution in [-0.4, -0.2) is 41.6 Å². The van der Waals surface area contributed by atoms with Gasteiger partial charge in [-0.25, -0.2) is 4.98 Å². The average molecular weight is 295 g/mol. The minimum Gasteiger partial charge on any atom is -0.311 e. The second-order valence-electron chi connectivity index (χ2n) is 6.42. The van der Waals surface area contributed by atoms with Gasteiger partial charge in [0.25, 0.3) is 0 Å². The van der Waals surface area contributed by atoms with Crippen molar-refractivity contribution >= 4 is 11.3 Å². The molecule has 1 aliphatic heterocycles. The Kier molecular flexibility index (Phi) is 6.00. The molecule has 0 saturated carbocycles. The Morgan fingerprint density at radius 1 is 1.50 bits per heavy atom. The Balaban J connectivity index is 1.88. The highest BCUT2D eigenvalue weighted by atomic mass is 32.1. The van der Waals surface area contributed by atoms with Gasteiger partial charge in [0.1, 0.15) is 0 Å². The summed E-state index contributed by atoms with van der Waals surface area (Å²) < 4.78 is 0. The molecule has 0 aliphatic carbocycles. The Bertz CT molecular complexity index is 402. The number of aryl methyl sites for hydroxylation is 1. The predicted molar refractivity (Wildman–Crippen MR) is 87.5 cm³/mol. The van der Waals surface area contributed by atoms with Crippen molar-refractivity contribution in [3.63, 3.8) is 0 Å². The minimum atomic E-state index is 0.663. The third-order valence-corrected chi connectivity index (χ3v) is 5.15. The van der Waals surface area contributed by atoms with Crippen LogP contribution < -0.4 is 5.32 Å². The molecular formula is C16H29N3S. The molecule has 4 heteroatoms. The van der Waals surface area contributed by atoms with Gasteiger partial charge in [0.15, 0.2) is 0 Å². The molecular weight excluding hydrogens is 266 g/mol. The number of aromatic nitrogens is 1. The molecule has 1 N–H and O–H groups in total. The van der Waals surface area contributed by atoms with Gasteiger partial charge in [-0.1, -0.05) is 20.8 Å². The molecule has 0 aromatic carbocycles. The van der Waals surface area contributed by atoms with E-state index in [0.29, 0.717) is 12.1 Å². The molecule has 1 aromatic heterocycles. The fraction of sp³-hybridized carbons (Fsp3) is 0.812. The highest BCUT2D eigenvalue weighted by Crippen LogP contribution is 2.17. The highest BCUT2D eigenvalue weighted by molar-refractivity contribution is 7.09. The van der Waals surface area contributed by atoms with Crippen molar-refractivity contribution in [2.75, 3.05) is 19.6 Å². The summed E-state index contributed by atoms with van der Waals surface area (Å²) in [6, 6.07) is 1.36. The van der Waals surface area contributed by atoms with E-state index in [2.05, 4.69) is 48.3 Å². The smallest absolute Gasteiger partial charge is 0.0940 e. The summed E-state index contributed by atoms with van der Waals surface area (Å²) in [5.41, 5.74) is 1.16. The number of hydrogen-bond donors (Lipinski definition) is 1. The summed E-state index contributed by atoms with van der Waals surface area (Å²) in [6.07, 6.45) is 3.62. The van der Waals surface area contributed by atoms with Gasteiger partial charge in [-0.2, -0.15) is 0 Å². The lowest BCUT2D eigenvalue weighted by Crippen LogP contribution is -2.56. The van der Waals surface area contributed by atoms with E-state index >= 15 is 0 Å². The third-order valence-electron chi connectivity index (χ3n) is 4.12. The Morgan fingerprint density at radius 2 is 2.30 bits per heavy atom. The molecule has 1 saturated heterocycles. The zero-order chi connectivity index (χ0) is 14.5. The molecule has 2 atom stereocenters. The summed E-state index contributed by atoms with van der Waals surface area (Å²) >= 11 is 1.80. The van der Waals surface area contributed by atoms with Crippen molar-refractivity contribution < 1.29 is 0 Å². The molecule has 3 nitrogen and oxygen atoms in total. The lowest BCUT2D eigenvalue weighted by molar-refractivity contribution is 0.120. The molecule has 1 aromatic rings. The van der Waals surface area contributed by atoms with Crippen molar-refractivity contribution in [2.45, 2.75) is 59.0 Å². The summed E-state index contributed by atoms with van der Waals surface area (Å²) in [5.74, 6) is 0.772. The van der Waals surface area contributed by atoms with Crippen LogP contribution in [0.1, 0.15) is 44.3 Å². The van der Waals surface area contributed by atoms with Crippen LogP contribution in [0.2, 0.25) is 0 Å². The Hall–Kier alpha value is -0.450. The molecule has 0 spiro atoms. The lowest BCUT2D eigenvalue weighted by Gasteiger charge is -2.40. The van der Waals surface area contributed by atoms with E-state index in [-0.39, 0.29) is 0 Å². The minimum absolute atomic E-state index is 0.663. The van der Waals surface area contributed by atoms with Crippen molar-refractivity contribution in [1.82, 2.24) is 15.2 Å². The second-order valence-corrected chi connectivity index (χ2v) is 7.37. The van der Waals surface area contributed by atoms with Crippen molar-refractivity contribution in [1.29, 1.82) is 0 Å². The molecule has 1 fully saturated rings. The van der Waals surface area contributed by atoms with Gasteiger partial charge in [-0.3, -0.25) is 4.90 Å². The number of piperazine rings is 1. The molecule has 2 unspecified atom stereocenters. The van der Waals surface area contributed by atoms with Gasteiger partial charge in [-0.05, 0) is 25.7 Å². The van der Waals surface area contributed by atoms with Crippen LogP contribution in [0, 0.1) is 12.8 Å². The van der Waals surface area contributed by atoms with Crippen LogP contribution in [-0.2, 0) is 6.42 Å². The molecule has 114 valence electrons. The molecule has 20 heavy (non-hydrogen) atoms. The number of hydrogen-bond acceptors (Lipinski definition) is 4. The maximum Gasteiger partial charge on any atom is 0.0940 e. The predicted octanol–water partition coefficient (Wildman–Crippen LogP) is 3.09. The van der Waals surface area contributed by atoms with E-state index in [0.717, 1.165) is 31.1 Å². The average Bonchev–Trinajstić information content (AvgIpc) is 2.82. The van der Waals surface area contributed by atoms with E-state index < -0.39 is 0 Å². The molecule has 0 bridgehead atoms. The highest BCUT2D eigenvalue weighted by Gasteiger charge is 2.26. The van der Waals surface area contributed by atoms with E-state index in [1.807, 2.05) is 0 Å². The van der Waals surface area contributed by atoms with Crippen LogP contribution in [0.4, 0.5) is 0 Å². The van der Waals surface area contributed by atoms with Crippen molar-refractivity contribution in [2.24, 2.45) is 5.92 Å². The summed E-state index contributed by atoms with van der Waals surface area (Å²) in [6.45, 7) is 12.5. The van der Waals surface area contributed by atoms with Crippen molar-refractivity contribution in [3.05, 3.63) is 16.1 Å². The zero-order valence-corrected chi connectivity index (χ0v) is 14.2. The summed E-state index contributed by atoms with van der Waals surface area (Å²) in [4.78, 5) is 7.27. The molecule has 2 rings (SSSR count). The number of nitrogens with zero attached hydrogens (tertiary/aromatic N) is 2. The zero-order valence-electron chi connectivity index (χ0n) is 13.4. The lowest BCUT2D eigenvalue weighted by atomic mass is 9.99. The number of thiazole rings is 1. The van der Waals surface area contributed by atoms with Crippen LogP contribution in [0.3, 0.4) is 0 Å². The molecule has 0 amide bonds. The molecule has 0 radical (unpaired) electrons. The van der Waals surface area contributed by atoms with E-state index in [9.17, 15) is 0 Å². The van der Waals surface area contributed by atoms with Gasteiger partial charge in [-0.15, -0.1) is 11.3 Å². The van der Waals surface area contributed by atoms with Gasteiger partial charge in [0.2, 0.25) is 0 Å². The summed E-state index contributed by atoms with van der Waals surface area (Å²) in [5, 5.41) is 7.18. The van der Waals surface area contributed by atoms with Gasteiger partial charge >= 0.3 is 0 Å². The van der Waals surface area contributed by atoms with Gasteiger partial charge in [0.05, 0.1) is 5.01 Å². The van der Waals surface area contributed by atoms with Gasteiger partial charge in [0, 0.05) is 49.2 Å². The van der Waals surface area contributed by atoms with Crippen molar-refractivity contribution in [3.8, 4) is 0 Å². The van der Waals surface area contributed by atoms with Crippen LogP contribution in [0.15, 0.2) is 5.38 Å². The SMILES string of the molecule is CCC1CNC(CC(C)C)CN1CCc1nc(C)cs1. The summed E-state index contributed by atoms with van der Waals surface area (Å²) in [7, 11) is 0. The van der Waals surface area contributed by atoms with E-state index in [1.165, 1.54) is 24.4 Å². The monoisotopic (exact) mass is 295 g/mol. The fourth-order valence-corrected chi connectivity index (χ4v) is 3.85. The third kappa shape index (κ3) is 4.54. The second kappa shape index (κ2) is 7.53. The number of rotatable bonds is 6. The first-order valence-electron chi connectivity index (χ1n) is 7.97. The fourth-order valence-electron chi connectivity index (χ4n) is 3.09. The largest absolute Gasteiger partial charge is 0.311 e. The van der Waals surface area contributed by atoms with E-state index in [4.69, 9.17) is 0 Å². The first kappa shape index (κ1) is 15.9. The first-order valence-corrected chi connectivity index (χ1v) is 8.84.